The zero-order valence-electron chi connectivity index (χ0n) is 7.87. The van der Waals surface area contributed by atoms with E-state index in [1.807, 2.05) is 18.2 Å². The van der Waals surface area contributed by atoms with Gasteiger partial charge >= 0.3 is 0 Å². The molecule has 1 nitrogen and oxygen atoms in total. The van der Waals surface area contributed by atoms with Crippen LogP contribution in [0, 0.1) is 5.82 Å². The largest absolute Gasteiger partial charge is 0.396 e. The Hall–Kier alpha value is -1.54. The maximum atomic E-state index is 12.9. The van der Waals surface area contributed by atoms with Crippen LogP contribution in [0.2, 0.25) is 5.02 Å². The first-order chi connectivity index (χ1) is 7.16. The molecule has 2 aromatic carbocycles. The van der Waals surface area contributed by atoms with Gasteiger partial charge in [-0.05, 0) is 35.4 Å². The minimum Gasteiger partial charge on any atom is -0.396 e. The van der Waals surface area contributed by atoms with Gasteiger partial charge in [0.1, 0.15) is 5.82 Å². The van der Waals surface area contributed by atoms with E-state index in [4.69, 9.17) is 17.3 Å². The zero-order chi connectivity index (χ0) is 10.8. The van der Waals surface area contributed by atoms with Crippen LogP contribution in [0.5, 0.6) is 0 Å². The molecule has 0 aliphatic carbocycles. The van der Waals surface area contributed by atoms with Gasteiger partial charge in [-0.3, -0.25) is 0 Å². The molecule has 0 aliphatic heterocycles. The molecule has 0 spiro atoms. The smallest absolute Gasteiger partial charge is 0.146 e. The molecule has 0 atom stereocenters. The molecule has 0 bridgehead atoms. The molecular weight excluding hydrogens is 213 g/mol. The molecule has 2 N–H and O–H groups in total. The van der Waals surface area contributed by atoms with E-state index in [1.54, 1.807) is 18.2 Å². The molecule has 2 aromatic rings. The van der Waals surface area contributed by atoms with Gasteiger partial charge in [0.05, 0.1) is 5.69 Å². The molecule has 2 rings (SSSR count). The van der Waals surface area contributed by atoms with E-state index in [1.165, 1.54) is 6.07 Å². The van der Waals surface area contributed by atoms with Crippen LogP contribution in [0.4, 0.5) is 10.1 Å². The van der Waals surface area contributed by atoms with E-state index < -0.39 is 5.82 Å². The summed E-state index contributed by atoms with van der Waals surface area (Å²) in [6.07, 6.45) is 0. The van der Waals surface area contributed by atoms with Crippen LogP contribution >= 0.6 is 11.6 Å². The molecule has 3 heteroatoms. The van der Waals surface area contributed by atoms with Crippen molar-refractivity contribution in [2.45, 2.75) is 0 Å². The van der Waals surface area contributed by atoms with E-state index in [2.05, 4.69) is 0 Å². The first-order valence-corrected chi connectivity index (χ1v) is 4.85. The van der Waals surface area contributed by atoms with E-state index >= 15 is 0 Å². The quantitative estimate of drug-likeness (QED) is 0.730. The zero-order valence-corrected chi connectivity index (χ0v) is 8.63. The van der Waals surface area contributed by atoms with Crippen molar-refractivity contribution >= 4 is 17.3 Å². The van der Waals surface area contributed by atoms with E-state index in [9.17, 15) is 4.39 Å². The highest BCUT2D eigenvalue weighted by Crippen LogP contribution is 2.25. The van der Waals surface area contributed by atoms with Crippen molar-refractivity contribution < 1.29 is 4.39 Å². The van der Waals surface area contributed by atoms with Crippen LogP contribution in [-0.4, -0.2) is 0 Å². The lowest BCUT2D eigenvalue weighted by molar-refractivity contribution is 0.632. The van der Waals surface area contributed by atoms with Crippen molar-refractivity contribution in [3.8, 4) is 11.1 Å². The molecule has 0 amide bonds. The predicted octanol–water partition coefficient (Wildman–Crippen LogP) is 3.73. The Bertz CT molecular complexity index is 497. The number of nitrogen functional groups attached to an aromatic ring is 1. The molecular formula is C12H9ClFN. The highest BCUT2D eigenvalue weighted by Gasteiger charge is 2.02. The highest BCUT2D eigenvalue weighted by molar-refractivity contribution is 6.30. The lowest BCUT2D eigenvalue weighted by atomic mass is 10.1. The van der Waals surface area contributed by atoms with Gasteiger partial charge in [0.25, 0.3) is 0 Å². The van der Waals surface area contributed by atoms with Crippen molar-refractivity contribution in [3.63, 3.8) is 0 Å². The number of hydrogen-bond donors (Lipinski definition) is 1. The maximum absolute atomic E-state index is 12.9. The molecule has 0 saturated carbocycles. The Kier molecular flexibility index (Phi) is 2.60. The van der Waals surface area contributed by atoms with Gasteiger partial charge in [-0.2, -0.15) is 0 Å². The van der Waals surface area contributed by atoms with Crippen LogP contribution in [0.25, 0.3) is 11.1 Å². The van der Waals surface area contributed by atoms with Crippen LogP contribution in [0.1, 0.15) is 0 Å². The fourth-order valence-corrected chi connectivity index (χ4v) is 1.58. The van der Waals surface area contributed by atoms with Crippen LogP contribution < -0.4 is 5.73 Å². The average Bonchev–Trinajstić information content (AvgIpc) is 2.22. The van der Waals surface area contributed by atoms with E-state index in [-0.39, 0.29) is 5.69 Å². The highest BCUT2D eigenvalue weighted by atomic mass is 35.5. The number of anilines is 1. The predicted molar refractivity (Wildman–Crippen MR) is 61.3 cm³/mol. The molecule has 0 aromatic heterocycles. The van der Waals surface area contributed by atoms with E-state index in [0.717, 1.165) is 11.1 Å². The third-order valence-electron chi connectivity index (χ3n) is 2.15. The fraction of sp³-hybridized carbons (Fsp3) is 0. The van der Waals surface area contributed by atoms with Gasteiger partial charge in [0.2, 0.25) is 0 Å². The molecule has 0 unspecified atom stereocenters. The monoisotopic (exact) mass is 221 g/mol. The first-order valence-electron chi connectivity index (χ1n) is 4.48. The van der Waals surface area contributed by atoms with Gasteiger partial charge in [0, 0.05) is 5.02 Å². The van der Waals surface area contributed by atoms with Gasteiger partial charge in [0.15, 0.2) is 0 Å². The number of nitrogens with two attached hydrogens (primary N) is 1. The topological polar surface area (TPSA) is 26.0 Å². The lowest BCUT2D eigenvalue weighted by Crippen LogP contribution is -1.90. The van der Waals surface area contributed by atoms with Crippen LogP contribution in [0.15, 0.2) is 42.5 Å². The second kappa shape index (κ2) is 3.91. The van der Waals surface area contributed by atoms with E-state index in [0.29, 0.717) is 5.02 Å². The summed E-state index contributed by atoms with van der Waals surface area (Å²) in [5.41, 5.74) is 7.42. The summed E-state index contributed by atoms with van der Waals surface area (Å²) in [7, 11) is 0. The van der Waals surface area contributed by atoms with Crippen molar-refractivity contribution in [2.24, 2.45) is 0 Å². The second-order valence-corrected chi connectivity index (χ2v) is 3.68. The lowest BCUT2D eigenvalue weighted by Gasteiger charge is -2.04. The average molecular weight is 222 g/mol. The summed E-state index contributed by atoms with van der Waals surface area (Å²) in [4.78, 5) is 0. The summed E-state index contributed by atoms with van der Waals surface area (Å²) >= 11 is 5.86. The molecule has 0 heterocycles. The number of hydrogen-bond acceptors (Lipinski definition) is 1. The number of benzene rings is 2. The van der Waals surface area contributed by atoms with Crippen molar-refractivity contribution in [1.29, 1.82) is 0 Å². The summed E-state index contributed by atoms with van der Waals surface area (Å²) in [5, 5.41) is 0.649. The SMILES string of the molecule is Nc1cc(-c2cccc(Cl)c2)ccc1F. The summed E-state index contributed by atoms with van der Waals surface area (Å²) < 4.78 is 12.9. The van der Waals surface area contributed by atoms with Crippen molar-refractivity contribution in [2.75, 3.05) is 5.73 Å². The van der Waals surface area contributed by atoms with Crippen LogP contribution in [0.3, 0.4) is 0 Å². The normalized spacial score (nSPS) is 10.3. The first kappa shape index (κ1) is 9.99. The number of halogens is 2. The summed E-state index contributed by atoms with van der Waals surface area (Å²) in [6, 6.07) is 12.0. The molecule has 0 fully saturated rings. The third-order valence-corrected chi connectivity index (χ3v) is 2.39. The van der Waals surface area contributed by atoms with Gasteiger partial charge in [-0.15, -0.1) is 0 Å². The molecule has 76 valence electrons. The molecule has 0 saturated heterocycles. The Morgan fingerprint density at radius 3 is 2.40 bits per heavy atom. The second-order valence-electron chi connectivity index (χ2n) is 3.25. The van der Waals surface area contributed by atoms with Gasteiger partial charge in [-0.25, -0.2) is 4.39 Å². The molecule has 0 radical (unpaired) electrons. The number of rotatable bonds is 1. The Morgan fingerprint density at radius 2 is 1.73 bits per heavy atom. The minimum absolute atomic E-state index is 0.146. The minimum atomic E-state index is -0.402. The standard InChI is InChI=1S/C12H9ClFN/c13-10-3-1-2-8(6-10)9-4-5-11(14)12(15)7-9/h1-7H,15H2. The fourth-order valence-electron chi connectivity index (χ4n) is 1.39. The molecule has 0 aliphatic rings. The summed E-state index contributed by atoms with van der Waals surface area (Å²) in [6.45, 7) is 0. The van der Waals surface area contributed by atoms with Gasteiger partial charge in [-0.1, -0.05) is 29.8 Å². The third kappa shape index (κ3) is 2.10. The van der Waals surface area contributed by atoms with Gasteiger partial charge < -0.3 is 5.73 Å². The maximum Gasteiger partial charge on any atom is 0.146 e. The summed E-state index contributed by atoms with van der Waals surface area (Å²) in [5.74, 6) is -0.402. The Labute approximate surface area is 92.3 Å². The Balaban J connectivity index is 2.50. The van der Waals surface area contributed by atoms with Crippen LogP contribution in [-0.2, 0) is 0 Å². The van der Waals surface area contributed by atoms with Crippen molar-refractivity contribution in [1.82, 2.24) is 0 Å². The Morgan fingerprint density at radius 1 is 1.00 bits per heavy atom. The van der Waals surface area contributed by atoms with Crippen molar-refractivity contribution in [3.05, 3.63) is 53.3 Å². The molecule has 15 heavy (non-hydrogen) atoms.